The summed E-state index contributed by atoms with van der Waals surface area (Å²) in [5.41, 5.74) is 7.46. The Balaban J connectivity index is 1.58. The largest absolute Gasteiger partial charge is 0.390 e. The van der Waals surface area contributed by atoms with Crippen molar-refractivity contribution >= 4 is 17.1 Å². The van der Waals surface area contributed by atoms with Gasteiger partial charge >= 0.3 is 0 Å². The van der Waals surface area contributed by atoms with Crippen LogP contribution in [0.15, 0.2) is 60.9 Å². The number of nitrogens with zero attached hydrogens (tertiary/aromatic N) is 3. The van der Waals surface area contributed by atoms with E-state index in [1.54, 1.807) is 55.7 Å². The lowest BCUT2D eigenvalue weighted by atomic mass is 9.72. The molecule has 31 heavy (non-hydrogen) atoms. The average molecular weight is 416 g/mol. The van der Waals surface area contributed by atoms with Gasteiger partial charge in [0, 0.05) is 29.4 Å². The molecule has 7 heteroatoms. The highest BCUT2D eigenvalue weighted by Gasteiger charge is 2.41. The maximum absolute atomic E-state index is 15.0. The molecule has 0 bridgehead atoms. The third-order valence-electron chi connectivity index (χ3n) is 5.87. The van der Waals surface area contributed by atoms with E-state index in [2.05, 4.69) is 4.98 Å². The summed E-state index contributed by atoms with van der Waals surface area (Å²) in [4.78, 5) is 21.6. The van der Waals surface area contributed by atoms with Gasteiger partial charge in [-0.25, -0.2) is 14.4 Å². The first-order valence-electron chi connectivity index (χ1n) is 10.1. The molecule has 0 aliphatic heterocycles. The van der Waals surface area contributed by atoms with Crippen LogP contribution in [0, 0.1) is 5.82 Å². The monoisotopic (exact) mass is 416 g/mol. The van der Waals surface area contributed by atoms with Crippen molar-refractivity contribution in [2.75, 3.05) is 5.73 Å². The number of carbonyl (C=O) groups excluding carboxylic acids is 1. The molecule has 1 saturated carbocycles. The van der Waals surface area contributed by atoms with E-state index in [9.17, 15) is 14.3 Å². The van der Waals surface area contributed by atoms with E-state index in [0.29, 0.717) is 35.2 Å². The third kappa shape index (κ3) is 3.27. The maximum Gasteiger partial charge on any atom is 0.195 e. The quantitative estimate of drug-likeness (QED) is 0.491. The maximum atomic E-state index is 15.0. The fourth-order valence-electron chi connectivity index (χ4n) is 4.35. The van der Waals surface area contributed by atoms with E-state index in [4.69, 9.17) is 10.7 Å². The number of nitrogen functional groups attached to an aromatic ring is 1. The fraction of sp³-hybridized carbons (Fsp3) is 0.208. The van der Waals surface area contributed by atoms with Gasteiger partial charge in [0.1, 0.15) is 28.7 Å². The molecule has 0 radical (unpaired) electrons. The minimum Gasteiger partial charge on any atom is -0.390 e. The Morgan fingerprint density at radius 1 is 1.23 bits per heavy atom. The van der Waals surface area contributed by atoms with Gasteiger partial charge in [0.05, 0.1) is 11.2 Å². The number of fused-ring (bicyclic) bond motifs is 1. The van der Waals surface area contributed by atoms with Crippen LogP contribution in [-0.4, -0.2) is 30.9 Å². The predicted octanol–water partition coefficient (Wildman–Crippen LogP) is 3.98. The minimum absolute atomic E-state index is 0.000162. The molecule has 1 aliphatic carbocycles. The molecule has 5 rings (SSSR count). The van der Waals surface area contributed by atoms with Gasteiger partial charge in [0.2, 0.25) is 0 Å². The number of rotatable bonds is 4. The molecule has 0 saturated heterocycles. The van der Waals surface area contributed by atoms with Crippen LogP contribution in [0.1, 0.15) is 47.4 Å². The number of imidazole rings is 1. The van der Waals surface area contributed by atoms with E-state index in [-0.39, 0.29) is 23.1 Å². The standard InChI is InChI=1S/C24H21FN4O2/c1-24(31)12-16(13-24)23-28-19(20-22(26)27-9-10-29(20)23)15-7-8-17(18(25)11-15)21(30)14-5-3-2-4-6-14/h2-11,16,31H,12-13H2,1H3,(H2,26,27). The van der Waals surface area contributed by atoms with Crippen LogP contribution in [0.2, 0.25) is 0 Å². The van der Waals surface area contributed by atoms with Gasteiger partial charge < -0.3 is 10.8 Å². The molecule has 2 aromatic carbocycles. The SMILES string of the molecule is CC1(O)CC(c2nc(-c3ccc(C(=O)c4ccccc4)c(F)c3)c3c(N)nccn23)C1. The normalized spacial score (nSPS) is 20.5. The van der Waals surface area contributed by atoms with Crippen molar-refractivity contribution in [2.45, 2.75) is 31.3 Å². The van der Waals surface area contributed by atoms with Crippen molar-refractivity contribution in [2.24, 2.45) is 0 Å². The summed E-state index contributed by atoms with van der Waals surface area (Å²) in [6.07, 6.45) is 4.55. The molecule has 2 heterocycles. The first-order valence-corrected chi connectivity index (χ1v) is 10.1. The predicted molar refractivity (Wildman–Crippen MR) is 115 cm³/mol. The van der Waals surface area contributed by atoms with Crippen LogP contribution < -0.4 is 5.73 Å². The van der Waals surface area contributed by atoms with Crippen LogP contribution in [0.5, 0.6) is 0 Å². The molecule has 1 aliphatic rings. The number of benzene rings is 2. The van der Waals surface area contributed by atoms with Crippen molar-refractivity contribution in [3.8, 4) is 11.3 Å². The summed E-state index contributed by atoms with van der Waals surface area (Å²) >= 11 is 0. The van der Waals surface area contributed by atoms with Crippen molar-refractivity contribution in [1.82, 2.24) is 14.4 Å². The number of halogens is 1. The molecule has 0 unspecified atom stereocenters. The average Bonchev–Trinajstić information content (AvgIpc) is 3.13. The summed E-state index contributed by atoms with van der Waals surface area (Å²) in [6, 6.07) is 13.1. The van der Waals surface area contributed by atoms with Crippen LogP contribution in [-0.2, 0) is 0 Å². The van der Waals surface area contributed by atoms with E-state index < -0.39 is 11.4 Å². The Bertz CT molecular complexity index is 1310. The number of carbonyl (C=O) groups is 1. The van der Waals surface area contributed by atoms with Gasteiger partial charge in [-0.05, 0) is 31.9 Å². The lowest BCUT2D eigenvalue weighted by Crippen LogP contribution is -2.40. The fourth-order valence-corrected chi connectivity index (χ4v) is 4.35. The van der Waals surface area contributed by atoms with Gasteiger partial charge in [0.25, 0.3) is 0 Å². The second-order valence-electron chi connectivity index (χ2n) is 8.34. The molecule has 6 nitrogen and oxygen atoms in total. The van der Waals surface area contributed by atoms with Crippen LogP contribution in [0.25, 0.3) is 16.8 Å². The van der Waals surface area contributed by atoms with E-state index >= 15 is 0 Å². The summed E-state index contributed by atoms with van der Waals surface area (Å²) in [5.74, 6) is 0.116. The zero-order chi connectivity index (χ0) is 21.8. The molecular weight excluding hydrogens is 395 g/mol. The number of hydrogen-bond donors (Lipinski definition) is 2. The number of nitrogens with two attached hydrogens (primary N) is 1. The summed E-state index contributed by atoms with van der Waals surface area (Å²) < 4.78 is 16.8. The lowest BCUT2D eigenvalue weighted by Gasteiger charge is -2.40. The highest BCUT2D eigenvalue weighted by molar-refractivity contribution is 6.09. The van der Waals surface area contributed by atoms with Crippen molar-refractivity contribution in [3.05, 3.63) is 83.7 Å². The van der Waals surface area contributed by atoms with Gasteiger partial charge in [-0.3, -0.25) is 9.20 Å². The van der Waals surface area contributed by atoms with E-state index in [0.717, 1.165) is 5.82 Å². The zero-order valence-corrected chi connectivity index (χ0v) is 16.9. The third-order valence-corrected chi connectivity index (χ3v) is 5.87. The minimum atomic E-state index is -0.708. The second kappa shape index (κ2) is 6.99. The molecule has 4 aromatic rings. The summed E-state index contributed by atoms with van der Waals surface area (Å²) in [6.45, 7) is 1.80. The number of aromatic nitrogens is 3. The van der Waals surface area contributed by atoms with Gasteiger partial charge in [-0.1, -0.05) is 36.4 Å². The molecular formula is C24H21FN4O2. The molecule has 0 amide bonds. The molecule has 0 atom stereocenters. The van der Waals surface area contributed by atoms with Gasteiger partial charge in [0.15, 0.2) is 5.78 Å². The number of anilines is 1. The zero-order valence-electron chi connectivity index (χ0n) is 16.9. The molecule has 3 N–H and O–H groups in total. The smallest absolute Gasteiger partial charge is 0.195 e. The second-order valence-corrected chi connectivity index (χ2v) is 8.34. The molecule has 2 aromatic heterocycles. The molecule has 156 valence electrons. The van der Waals surface area contributed by atoms with E-state index in [1.165, 1.54) is 12.1 Å². The van der Waals surface area contributed by atoms with Gasteiger partial charge in [-0.15, -0.1) is 0 Å². The number of aliphatic hydroxyl groups is 1. The molecule has 1 fully saturated rings. The van der Waals surface area contributed by atoms with Crippen LogP contribution in [0.3, 0.4) is 0 Å². The summed E-state index contributed by atoms with van der Waals surface area (Å²) in [7, 11) is 0. The Kier molecular flexibility index (Phi) is 4.37. The number of hydrogen-bond acceptors (Lipinski definition) is 5. The first-order chi connectivity index (χ1) is 14.8. The Labute approximate surface area is 178 Å². The summed E-state index contributed by atoms with van der Waals surface area (Å²) in [5, 5.41) is 10.2. The van der Waals surface area contributed by atoms with Crippen molar-refractivity contribution < 1.29 is 14.3 Å². The van der Waals surface area contributed by atoms with Gasteiger partial charge in [-0.2, -0.15) is 0 Å². The van der Waals surface area contributed by atoms with Crippen LogP contribution in [0.4, 0.5) is 10.2 Å². The Morgan fingerprint density at radius 2 is 1.97 bits per heavy atom. The van der Waals surface area contributed by atoms with E-state index in [1.807, 2.05) is 4.40 Å². The van der Waals surface area contributed by atoms with Crippen molar-refractivity contribution in [1.29, 1.82) is 0 Å². The Hall–Kier alpha value is -3.58. The Morgan fingerprint density at radius 3 is 2.65 bits per heavy atom. The van der Waals surface area contributed by atoms with Crippen LogP contribution >= 0.6 is 0 Å². The highest BCUT2D eigenvalue weighted by Crippen LogP contribution is 2.45. The molecule has 0 spiro atoms. The van der Waals surface area contributed by atoms with Crippen molar-refractivity contribution in [3.63, 3.8) is 0 Å². The highest BCUT2D eigenvalue weighted by atomic mass is 19.1. The lowest BCUT2D eigenvalue weighted by molar-refractivity contribution is -0.0335. The first kappa shape index (κ1) is 19.4. The number of ketones is 1. The topological polar surface area (TPSA) is 93.5 Å².